The maximum Gasteiger partial charge on any atom is 0.191 e. The summed E-state index contributed by atoms with van der Waals surface area (Å²) in [5, 5.41) is 6.54. The molecule has 0 saturated carbocycles. The van der Waals surface area contributed by atoms with Gasteiger partial charge < -0.3 is 15.4 Å². The lowest BCUT2D eigenvalue weighted by Crippen LogP contribution is -2.38. The average Bonchev–Trinajstić information content (AvgIpc) is 2.71. The summed E-state index contributed by atoms with van der Waals surface area (Å²) in [5.74, 6) is 0.742. The number of nitrogens with zero attached hydrogens (tertiary/aromatic N) is 1. The second-order valence-electron chi connectivity index (χ2n) is 7.20. The lowest BCUT2D eigenvalue weighted by atomic mass is 10.1. The lowest BCUT2D eigenvalue weighted by Gasteiger charge is -2.12. The van der Waals surface area contributed by atoms with Gasteiger partial charge in [-0.25, -0.2) is 13.4 Å². The standard InChI is InChI=1S/C23H33N3O3S/c1-4-24-23(25-14-8-15-29-16-13-20-9-6-5-7-10-20)26-18-21-11-12-22(19(2)17-21)30(3,27)28/h5-7,9-12,17H,4,8,13-16,18H2,1-3H3,(H2,24,25,26). The van der Waals surface area contributed by atoms with E-state index in [1.54, 1.807) is 6.07 Å². The number of hydrogen-bond donors (Lipinski definition) is 2. The first-order valence-corrected chi connectivity index (χ1v) is 12.2. The van der Waals surface area contributed by atoms with E-state index in [2.05, 4.69) is 27.8 Å². The van der Waals surface area contributed by atoms with Crippen LogP contribution in [0.5, 0.6) is 0 Å². The summed E-state index contributed by atoms with van der Waals surface area (Å²) in [7, 11) is -3.20. The summed E-state index contributed by atoms with van der Waals surface area (Å²) >= 11 is 0. The summed E-state index contributed by atoms with van der Waals surface area (Å²) in [6.45, 7) is 7.27. The Morgan fingerprint density at radius 1 is 1.03 bits per heavy atom. The van der Waals surface area contributed by atoms with Crippen LogP contribution in [-0.4, -0.2) is 46.9 Å². The van der Waals surface area contributed by atoms with Crippen LogP contribution in [0.25, 0.3) is 0 Å². The van der Waals surface area contributed by atoms with Gasteiger partial charge in [0.2, 0.25) is 0 Å². The number of hydrogen-bond acceptors (Lipinski definition) is 4. The van der Waals surface area contributed by atoms with E-state index in [9.17, 15) is 8.42 Å². The van der Waals surface area contributed by atoms with E-state index in [0.29, 0.717) is 18.0 Å². The number of rotatable bonds is 11. The Balaban J connectivity index is 1.74. The van der Waals surface area contributed by atoms with Gasteiger partial charge in [-0.05, 0) is 49.4 Å². The molecule has 2 N–H and O–H groups in total. The fourth-order valence-corrected chi connectivity index (χ4v) is 4.01. The van der Waals surface area contributed by atoms with Crippen LogP contribution in [0, 0.1) is 6.92 Å². The van der Waals surface area contributed by atoms with Crippen LogP contribution in [0.3, 0.4) is 0 Å². The van der Waals surface area contributed by atoms with Crippen molar-refractivity contribution in [3.63, 3.8) is 0 Å². The molecule has 0 unspecified atom stereocenters. The fraction of sp³-hybridized carbons (Fsp3) is 0.435. The van der Waals surface area contributed by atoms with Gasteiger partial charge in [0.25, 0.3) is 0 Å². The first-order chi connectivity index (χ1) is 14.4. The quantitative estimate of drug-likeness (QED) is 0.325. The van der Waals surface area contributed by atoms with Crippen molar-refractivity contribution in [2.24, 2.45) is 4.99 Å². The van der Waals surface area contributed by atoms with Gasteiger partial charge in [0.15, 0.2) is 15.8 Å². The zero-order valence-corrected chi connectivity index (χ0v) is 19.0. The molecule has 0 aliphatic heterocycles. The zero-order chi connectivity index (χ0) is 21.8. The predicted molar refractivity (Wildman–Crippen MR) is 123 cm³/mol. The topological polar surface area (TPSA) is 79.8 Å². The van der Waals surface area contributed by atoms with Gasteiger partial charge in [-0.15, -0.1) is 0 Å². The van der Waals surface area contributed by atoms with Crippen molar-refractivity contribution in [1.29, 1.82) is 0 Å². The highest BCUT2D eigenvalue weighted by atomic mass is 32.2. The molecule has 2 rings (SSSR count). The Hall–Kier alpha value is -2.38. The van der Waals surface area contributed by atoms with Crippen molar-refractivity contribution < 1.29 is 13.2 Å². The minimum Gasteiger partial charge on any atom is -0.381 e. The molecule has 6 nitrogen and oxygen atoms in total. The number of aryl methyl sites for hydroxylation is 1. The van der Waals surface area contributed by atoms with Crippen LogP contribution < -0.4 is 10.6 Å². The molecule has 2 aromatic rings. The van der Waals surface area contributed by atoms with Crippen molar-refractivity contribution in [2.75, 3.05) is 32.6 Å². The first kappa shape index (κ1) is 23.9. The predicted octanol–water partition coefficient (Wildman–Crippen LogP) is 3.10. The Bertz CT molecular complexity index is 913. The van der Waals surface area contributed by atoms with Crippen LogP contribution in [0.4, 0.5) is 0 Å². The molecule has 0 saturated heterocycles. The maximum atomic E-state index is 11.7. The number of sulfone groups is 1. The van der Waals surface area contributed by atoms with E-state index in [0.717, 1.165) is 49.6 Å². The fourth-order valence-electron chi connectivity index (χ4n) is 3.06. The minimum atomic E-state index is -3.20. The van der Waals surface area contributed by atoms with Gasteiger partial charge in [-0.3, -0.25) is 0 Å². The molecule has 2 aromatic carbocycles. The third-order valence-electron chi connectivity index (χ3n) is 4.54. The summed E-state index contributed by atoms with van der Waals surface area (Å²) in [6.07, 6.45) is 3.04. The Labute approximate surface area is 180 Å². The lowest BCUT2D eigenvalue weighted by molar-refractivity contribution is 0.135. The van der Waals surface area contributed by atoms with Crippen LogP contribution in [0.2, 0.25) is 0 Å². The molecule has 0 heterocycles. The molecule has 7 heteroatoms. The van der Waals surface area contributed by atoms with Gasteiger partial charge >= 0.3 is 0 Å². The summed E-state index contributed by atoms with van der Waals surface area (Å²) < 4.78 is 29.2. The van der Waals surface area contributed by atoms with E-state index < -0.39 is 9.84 Å². The van der Waals surface area contributed by atoms with Gasteiger partial charge in [0.05, 0.1) is 18.0 Å². The van der Waals surface area contributed by atoms with E-state index >= 15 is 0 Å². The normalized spacial score (nSPS) is 12.0. The van der Waals surface area contributed by atoms with E-state index in [1.165, 1.54) is 11.8 Å². The maximum absolute atomic E-state index is 11.7. The summed E-state index contributed by atoms with van der Waals surface area (Å²) in [4.78, 5) is 4.96. The summed E-state index contributed by atoms with van der Waals surface area (Å²) in [6, 6.07) is 15.7. The van der Waals surface area contributed by atoms with Crippen molar-refractivity contribution in [3.05, 3.63) is 65.2 Å². The molecule has 30 heavy (non-hydrogen) atoms. The number of aliphatic imine (C=N–C) groups is 1. The Morgan fingerprint density at radius 2 is 1.80 bits per heavy atom. The molecule has 0 aliphatic rings. The molecule has 0 fully saturated rings. The smallest absolute Gasteiger partial charge is 0.191 e. The Kier molecular flexibility index (Phi) is 9.83. The number of benzene rings is 2. The SMILES string of the molecule is CCNC(=NCc1ccc(S(C)(=O)=O)c(C)c1)NCCCOCCc1ccccc1. The van der Waals surface area contributed by atoms with Gasteiger partial charge in [0, 0.05) is 26.0 Å². The van der Waals surface area contributed by atoms with Crippen molar-refractivity contribution >= 4 is 15.8 Å². The molecule has 0 amide bonds. The second kappa shape index (κ2) is 12.3. The number of nitrogens with one attached hydrogen (secondary N) is 2. The monoisotopic (exact) mass is 431 g/mol. The molecular formula is C23H33N3O3S. The van der Waals surface area contributed by atoms with Crippen molar-refractivity contribution in [2.45, 2.75) is 38.1 Å². The van der Waals surface area contributed by atoms with Crippen LogP contribution in [-0.2, 0) is 27.5 Å². The molecule has 0 radical (unpaired) electrons. The molecule has 164 valence electrons. The van der Waals surface area contributed by atoms with E-state index in [1.807, 2.05) is 44.2 Å². The highest BCUT2D eigenvalue weighted by molar-refractivity contribution is 7.90. The number of guanidine groups is 1. The summed E-state index contributed by atoms with van der Waals surface area (Å²) in [5.41, 5.74) is 3.01. The molecule has 0 atom stereocenters. The largest absolute Gasteiger partial charge is 0.381 e. The van der Waals surface area contributed by atoms with Crippen molar-refractivity contribution in [3.8, 4) is 0 Å². The molecule has 0 spiro atoms. The van der Waals surface area contributed by atoms with Gasteiger partial charge in [-0.2, -0.15) is 0 Å². The van der Waals surface area contributed by atoms with Gasteiger partial charge in [-0.1, -0.05) is 42.5 Å². The van der Waals surface area contributed by atoms with Crippen LogP contribution in [0.15, 0.2) is 58.4 Å². The highest BCUT2D eigenvalue weighted by Crippen LogP contribution is 2.17. The Morgan fingerprint density at radius 3 is 2.47 bits per heavy atom. The average molecular weight is 432 g/mol. The third kappa shape index (κ3) is 8.55. The molecular weight excluding hydrogens is 398 g/mol. The first-order valence-electron chi connectivity index (χ1n) is 10.3. The van der Waals surface area contributed by atoms with E-state index in [-0.39, 0.29) is 0 Å². The molecule has 0 bridgehead atoms. The molecule has 0 aliphatic carbocycles. The third-order valence-corrected chi connectivity index (χ3v) is 5.80. The molecule has 0 aromatic heterocycles. The number of ether oxygens (including phenoxy) is 1. The second-order valence-corrected chi connectivity index (χ2v) is 9.18. The van der Waals surface area contributed by atoms with E-state index in [4.69, 9.17) is 4.74 Å². The van der Waals surface area contributed by atoms with Crippen LogP contribution >= 0.6 is 0 Å². The van der Waals surface area contributed by atoms with Gasteiger partial charge in [0.1, 0.15) is 0 Å². The zero-order valence-electron chi connectivity index (χ0n) is 18.1. The van der Waals surface area contributed by atoms with Crippen LogP contribution in [0.1, 0.15) is 30.0 Å². The highest BCUT2D eigenvalue weighted by Gasteiger charge is 2.10. The van der Waals surface area contributed by atoms with Crippen molar-refractivity contribution in [1.82, 2.24) is 10.6 Å². The minimum absolute atomic E-state index is 0.368.